The summed E-state index contributed by atoms with van der Waals surface area (Å²) < 4.78 is 0. The average Bonchev–Trinajstić information content (AvgIpc) is 2.25. The van der Waals surface area contributed by atoms with Crippen LogP contribution in [0.15, 0.2) is 11.1 Å². The number of carboxylic acid groups (broad SMARTS) is 4. The van der Waals surface area contributed by atoms with E-state index in [9.17, 15) is 19.2 Å². The summed E-state index contributed by atoms with van der Waals surface area (Å²) in [7, 11) is 0. The lowest BCUT2D eigenvalue weighted by molar-refractivity contribution is -0.157. The molecule has 19 heavy (non-hydrogen) atoms. The van der Waals surface area contributed by atoms with Crippen molar-refractivity contribution in [2.24, 2.45) is 17.8 Å². The van der Waals surface area contributed by atoms with Crippen LogP contribution in [0.25, 0.3) is 0 Å². The van der Waals surface area contributed by atoms with E-state index in [1.165, 1.54) is 6.92 Å². The van der Waals surface area contributed by atoms with E-state index in [0.29, 0.717) is 0 Å². The van der Waals surface area contributed by atoms with Crippen molar-refractivity contribution in [3.63, 3.8) is 0 Å². The Balaban J connectivity index is 3.43. The molecular weight excluding hydrogens is 260 g/mol. The van der Waals surface area contributed by atoms with Gasteiger partial charge in [0.15, 0.2) is 0 Å². The largest absolute Gasteiger partial charge is 0.481 e. The third kappa shape index (κ3) is 2.56. The average molecular weight is 272 g/mol. The number of hydrogen-bond acceptors (Lipinski definition) is 4. The van der Waals surface area contributed by atoms with E-state index in [0.717, 1.165) is 0 Å². The highest BCUT2D eigenvalue weighted by molar-refractivity contribution is 6.01. The first kappa shape index (κ1) is 14.7. The van der Waals surface area contributed by atoms with Gasteiger partial charge in [-0.2, -0.15) is 0 Å². The molecule has 0 aromatic carbocycles. The topological polar surface area (TPSA) is 149 Å². The highest BCUT2D eigenvalue weighted by atomic mass is 16.4. The summed E-state index contributed by atoms with van der Waals surface area (Å²) in [5, 5.41) is 35.9. The van der Waals surface area contributed by atoms with Gasteiger partial charge in [-0.15, -0.1) is 0 Å². The van der Waals surface area contributed by atoms with Crippen LogP contribution in [-0.4, -0.2) is 44.3 Å². The van der Waals surface area contributed by atoms with Crippen molar-refractivity contribution in [3.8, 4) is 0 Å². The van der Waals surface area contributed by atoms with Gasteiger partial charge in [-0.05, 0) is 6.42 Å². The zero-order valence-electron chi connectivity index (χ0n) is 9.86. The molecule has 104 valence electrons. The van der Waals surface area contributed by atoms with Crippen LogP contribution < -0.4 is 0 Å². The van der Waals surface area contributed by atoms with E-state index in [1.54, 1.807) is 0 Å². The van der Waals surface area contributed by atoms with Crippen molar-refractivity contribution in [1.82, 2.24) is 0 Å². The Morgan fingerprint density at radius 1 is 0.947 bits per heavy atom. The number of rotatable bonds is 4. The number of aliphatic carboxylic acids is 4. The third-order valence-electron chi connectivity index (χ3n) is 3.27. The van der Waals surface area contributed by atoms with Crippen LogP contribution in [0.5, 0.6) is 0 Å². The molecule has 0 saturated heterocycles. The molecule has 0 radical (unpaired) electrons. The van der Waals surface area contributed by atoms with E-state index in [1.807, 2.05) is 0 Å². The molecule has 3 atom stereocenters. The first-order chi connectivity index (χ1) is 8.68. The monoisotopic (exact) mass is 272 g/mol. The highest BCUT2D eigenvalue weighted by Crippen LogP contribution is 2.39. The summed E-state index contributed by atoms with van der Waals surface area (Å²) in [6.45, 7) is 1.21. The Morgan fingerprint density at radius 3 is 1.79 bits per heavy atom. The van der Waals surface area contributed by atoms with Crippen LogP contribution in [0.2, 0.25) is 0 Å². The van der Waals surface area contributed by atoms with E-state index in [4.69, 9.17) is 20.4 Å². The molecule has 0 aromatic rings. The lowest BCUT2D eigenvalue weighted by Crippen LogP contribution is -2.41. The minimum absolute atomic E-state index is 0.544. The molecule has 0 bridgehead atoms. The molecule has 3 unspecified atom stereocenters. The van der Waals surface area contributed by atoms with E-state index < -0.39 is 59.2 Å². The minimum atomic E-state index is -1.54. The fourth-order valence-corrected chi connectivity index (χ4v) is 2.41. The van der Waals surface area contributed by atoms with Crippen molar-refractivity contribution in [1.29, 1.82) is 0 Å². The zero-order valence-corrected chi connectivity index (χ0v) is 9.86. The predicted molar refractivity (Wildman–Crippen MR) is 58.3 cm³/mol. The van der Waals surface area contributed by atoms with Gasteiger partial charge < -0.3 is 20.4 Å². The molecule has 0 aliphatic heterocycles. The van der Waals surface area contributed by atoms with Gasteiger partial charge in [0, 0.05) is 11.5 Å². The normalized spacial score (nSPS) is 26.9. The summed E-state index contributed by atoms with van der Waals surface area (Å²) >= 11 is 0. The van der Waals surface area contributed by atoms with Gasteiger partial charge in [-0.1, -0.05) is 6.92 Å². The Bertz CT molecular complexity index is 489. The van der Waals surface area contributed by atoms with Crippen LogP contribution in [0.4, 0.5) is 0 Å². The molecule has 4 N–H and O–H groups in total. The number of hydrogen-bond donors (Lipinski definition) is 4. The Hall–Kier alpha value is -2.38. The predicted octanol–water partition coefficient (Wildman–Crippen LogP) is -0.106. The van der Waals surface area contributed by atoms with E-state index >= 15 is 0 Å². The van der Waals surface area contributed by atoms with Gasteiger partial charge in [0.25, 0.3) is 0 Å². The lowest BCUT2D eigenvalue weighted by Gasteiger charge is -2.32. The van der Waals surface area contributed by atoms with Crippen LogP contribution >= 0.6 is 0 Å². The molecule has 1 aliphatic carbocycles. The molecule has 0 amide bonds. The second-order valence-electron chi connectivity index (χ2n) is 4.30. The first-order valence-corrected chi connectivity index (χ1v) is 5.33. The molecule has 0 aromatic heterocycles. The maximum Gasteiger partial charge on any atom is 0.332 e. The Kier molecular flexibility index (Phi) is 3.93. The highest BCUT2D eigenvalue weighted by Gasteiger charge is 2.47. The fraction of sp³-hybridized carbons (Fsp3) is 0.455. The quantitative estimate of drug-likeness (QED) is 0.553. The smallest absolute Gasteiger partial charge is 0.332 e. The molecule has 8 nitrogen and oxygen atoms in total. The molecular formula is C11H12O8. The zero-order chi connectivity index (χ0) is 14.9. The lowest BCUT2D eigenvalue weighted by atomic mass is 9.69. The second-order valence-corrected chi connectivity index (χ2v) is 4.30. The summed E-state index contributed by atoms with van der Waals surface area (Å²) in [4.78, 5) is 44.2. The standard InChI is InChI=1S/C11H12O8/c1-3-6(10(16)17)4(8(12)13)2-5(9(14)15)7(3)11(18)19/h3-4,6H,2H2,1H3,(H,12,13)(H,14,15)(H,16,17)(H,18,19). The molecule has 0 fully saturated rings. The maximum atomic E-state index is 11.1. The third-order valence-corrected chi connectivity index (χ3v) is 3.27. The van der Waals surface area contributed by atoms with Crippen molar-refractivity contribution in [2.75, 3.05) is 0 Å². The van der Waals surface area contributed by atoms with Gasteiger partial charge in [0.1, 0.15) is 0 Å². The van der Waals surface area contributed by atoms with Gasteiger partial charge >= 0.3 is 23.9 Å². The van der Waals surface area contributed by atoms with Gasteiger partial charge in [0.2, 0.25) is 0 Å². The Morgan fingerprint density at radius 2 is 1.47 bits per heavy atom. The van der Waals surface area contributed by atoms with Crippen LogP contribution in [-0.2, 0) is 19.2 Å². The molecule has 0 spiro atoms. The molecule has 0 heterocycles. The number of carboxylic acids is 4. The Labute approximate surface area is 107 Å². The van der Waals surface area contributed by atoms with Gasteiger partial charge in [0.05, 0.1) is 17.4 Å². The SMILES string of the molecule is CC1C(C(=O)O)=C(C(=O)O)CC(C(=O)O)C1C(=O)O. The van der Waals surface area contributed by atoms with Crippen molar-refractivity contribution in [3.05, 3.63) is 11.1 Å². The van der Waals surface area contributed by atoms with E-state index in [-0.39, 0.29) is 0 Å². The van der Waals surface area contributed by atoms with Crippen LogP contribution in [0.1, 0.15) is 13.3 Å². The van der Waals surface area contributed by atoms with E-state index in [2.05, 4.69) is 0 Å². The number of carbonyl (C=O) groups is 4. The molecule has 1 aliphatic rings. The molecule has 1 rings (SSSR count). The second kappa shape index (κ2) is 5.09. The molecule has 8 heteroatoms. The van der Waals surface area contributed by atoms with Gasteiger partial charge in [-0.25, -0.2) is 9.59 Å². The first-order valence-electron chi connectivity index (χ1n) is 5.33. The summed E-state index contributed by atoms with van der Waals surface area (Å²) in [5.41, 5.74) is -1.10. The molecule has 0 saturated carbocycles. The fourth-order valence-electron chi connectivity index (χ4n) is 2.41. The van der Waals surface area contributed by atoms with Crippen LogP contribution in [0.3, 0.4) is 0 Å². The maximum absolute atomic E-state index is 11.1. The van der Waals surface area contributed by atoms with Crippen molar-refractivity contribution < 1.29 is 39.6 Å². The summed E-state index contributed by atoms with van der Waals surface area (Å²) in [6, 6.07) is 0. The summed E-state index contributed by atoms with van der Waals surface area (Å²) in [5.74, 6) is -10.1. The summed E-state index contributed by atoms with van der Waals surface area (Å²) in [6.07, 6.45) is -0.617. The van der Waals surface area contributed by atoms with Gasteiger partial charge in [-0.3, -0.25) is 9.59 Å². The van der Waals surface area contributed by atoms with Crippen molar-refractivity contribution in [2.45, 2.75) is 13.3 Å². The van der Waals surface area contributed by atoms with Crippen LogP contribution in [0, 0.1) is 17.8 Å². The van der Waals surface area contributed by atoms with Crippen molar-refractivity contribution >= 4 is 23.9 Å². The minimum Gasteiger partial charge on any atom is -0.481 e.